The highest BCUT2D eigenvalue weighted by Gasteiger charge is 2.31. The molecule has 1 atom stereocenters. The van der Waals surface area contributed by atoms with E-state index in [1.807, 2.05) is 24.3 Å². The molecule has 1 unspecified atom stereocenters. The molecule has 1 aliphatic heterocycles. The molecule has 2 rings (SSSR count). The largest absolute Gasteiger partial charge is 0.294 e. The monoisotopic (exact) mass is 288 g/mol. The van der Waals surface area contributed by atoms with E-state index in [0.717, 1.165) is 12.8 Å². The van der Waals surface area contributed by atoms with Crippen LogP contribution in [0.15, 0.2) is 24.3 Å². The Morgan fingerprint density at radius 1 is 1.29 bits per heavy atom. The molecule has 1 fully saturated rings. The summed E-state index contributed by atoms with van der Waals surface area (Å²) in [6, 6.07) is 7.06. The number of Topliss-reactive ketones (excluding diaryl/α,β-unsaturated/α-hetero) is 1. The van der Waals surface area contributed by atoms with Crippen LogP contribution in [0, 0.1) is 0 Å². The minimum atomic E-state index is -0.467. The Labute approximate surface area is 124 Å². The van der Waals surface area contributed by atoms with E-state index in [0.29, 0.717) is 5.56 Å². The van der Waals surface area contributed by atoms with Gasteiger partial charge in [0.2, 0.25) is 11.8 Å². The molecule has 0 aliphatic carbocycles. The number of aryl methyl sites for hydroxylation is 1. The first kappa shape index (κ1) is 15.4. The summed E-state index contributed by atoms with van der Waals surface area (Å²) in [5.74, 6) is -0.783. The maximum atomic E-state index is 12.3. The number of hydrogen-bond acceptors (Lipinski definition) is 4. The SMILES string of the molecule is CCCc1ccc(C(=O)CN2CC(=O)NC(=O)C2C)cc1. The van der Waals surface area contributed by atoms with Gasteiger partial charge in [-0.05, 0) is 18.9 Å². The third kappa shape index (κ3) is 3.76. The van der Waals surface area contributed by atoms with Gasteiger partial charge in [0, 0.05) is 5.56 Å². The normalized spacial score (nSPS) is 19.4. The van der Waals surface area contributed by atoms with Crippen molar-refractivity contribution >= 4 is 17.6 Å². The Bertz CT molecular complexity index is 551. The van der Waals surface area contributed by atoms with E-state index >= 15 is 0 Å². The number of ketones is 1. The minimum Gasteiger partial charge on any atom is -0.294 e. The van der Waals surface area contributed by atoms with E-state index in [2.05, 4.69) is 12.2 Å². The first-order chi connectivity index (χ1) is 10.0. The van der Waals surface area contributed by atoms with Gasteiger partial charge in [0.1, 0.15) is 0 Å². The lowest BCUT2D eigenvalue weighted by Crippen LogP contribution is -2.57. The summed E-state index contributed by atoms with van der Waals surface area (Å²) in [5, 5.41) is 2.26. The van der Waals surface area contributed by atoms with Gasteiger partial charge < -0.3 is 0 Å². The van der Waals surface area contributed by atoms with E-state index < -0.39 is 6.04 Å². The number of hydrogen-bond donors (Lipinski definition) is 1. The molecule has 0 bridgehead atoms. The third-order valence-electron chi connectivity index (χ3n) is 3.70. The van der Waals surface area contributed by atoms with Crippen LogP contribution in [0.3, 0.4) is 0 Å². The fourth-order valence-electron chi connectivity index (χ4n) is 2.38. The van der Waals surface area contributed by atoms with E-state index in [9.17, 15) is 14.4 Å². The average Bonchev–Trinajstić information content (AvgIpc) is 2.45. The molecule has 1 N–H and O–H groups in total. The van der Waals surface area contributed by atoms with Gasteiger partial charge in [-0.2, -0.15) is 0 Å². The number of nitrogens with one attached hydrogen (secondary N) is 1. The lowest BCUT2D eigenvalue weighted by Gasteiger charge is -2.30. The first-order valence-corrected chi connectivity index (χ1v) is 7.21. The smallest absolute Gasteiger partial charge is 0.243 e. The summed E-state index contributed by atoms with van der Waals surface area (Å²) in [7, 11) is 0. The van der Waals surface area contributed by atoms with Crippen molar-refractivity contribution in [3.63, 3.8) is 0 Å². The van der Waals surface area contributed by atoms with Crippen molar-refractivity contribution in [1.82, 2.24) is 10.2 Å². The van der Waals surface area contributed by atoms with Gasteiger partial charge in [-0.25, -0.2) is 0 Å². The maximum Gasteiger partial charge on any atom is 0.243 e. The van der Waals surface area contributed by atoms with Gasteiger partial charge in [-0.1, -0.05) is 37.6 Å². The molecular weight excluding hydrogens is 268 g/mol. The fourth-order valence-corrected chi connectivity index (χ4v) is 2.38. The molecule has 5 nitrogen and oxygen atoms in total. The van der Waals surface area contributed by atoms with Crippen LogP contribution in [-0.4, -0.2) is 41.6 Å². The van der Waals surface area contributed by atoms with Crippen LogP contribution in [-0.2, 0) is 16.0 Å². The first-order valence-electron chi connectivity index (χ1n) is 7.21. The summed E-state index contributed by atoms with van der Waals surface area (Å²) >= 11 is 0. The Morgan fingerprint density at radius 2 is 1.95 bits per heavy atom. The Kier molecular flexibility index (Phi) is 4.85. The van der Waals surface area contributed by atoms with Gasteiger partial charge in [0.05, 0.1) is 19.1 Å². The number of piperazine rings is 1. The van der Waals surface area contributed by atoms with Gasteiger partial charge in [-0.15, -0.1) is 0 Å². The number of nitrogens with zero attached hydrogens (tertiary/aromatic N) is 1. The van der Waals surface area contributed by atoms with Crippen LogP contribution in [0.4, 0.5) is 0 Å². The summed E-state index contributed by atoms with van der Waals surface area (Å²) < 4.78 is 0. The van der Waals surface area contributed by atoms with Crippen molar-refractivity contribution in [1.29, 1.82) is 0 Å². The quantitative estimate of drug-likeness (QED) is 0.652. The van der Waals surface area contributed by atoms with E-state index in [1.165, 1.54) is 5.56 Å². The summed E-state index contributed by atoms with van der Waals surface area (Å²) in [6.45, 7) is 3.96. The summed E-state index contributed by atoms with van der Waals surface area (Å²) in [5.41, 5.74) is 1.82. The van der Waals surface area contributed by atoms with Crippen molar-refractivity contribution in [2.24, 2.45) is 0 Å². The van der Waals surface area contributed by atoms with Crippen LogP contribution >= 0.6 is 0 Å². The van der Waals surface area contributed by atoms with Gasteiger partial charge >= 0.3 is 0 Å². The molecule has 5 heteroatoms. The molecular formula is C16H20N2O3. The molecule has 1 heterocycles. The number of carbonyl (C=O) groups is 3. The van der Waals surface area contributed by atoms with E-state index in [-0.39, 0.29) is 30.7 Å². The molecule has 1 aromatic carbocycles. The standard InChI is InChI=1S/C16H20N2O3/c1-3-4-12-5-7-13(8-6-12)14(19)9-18-10-15(20)17-16(21)11(18)2/h5-8,11H,3-4,9-10H2,1-2H3,(H,17,20,21). The number of carbonyl (C=O) groups excluding carboxylic acids is 3. The molecule has 112 valence electrons. The number of rotatable bonds is 5. The van der Waals surface area contributed by atoms with Crippen LogP contribution in [0.25, 0.3) is 0 Å². The molecule has 0 aromatic heterocycles. The molecule has 1 aliphatic rings. The summed E-state index contributed by atoms with van der Waals surface area (Å²) in [4.78, 5) is 36.8. The molecule has 21 heavy (non-hydrogen) atoms. The Morgan fingerprint density at radius 3 is 2.57 bits per heavy atom. The second-order valence-electron chi connectivity index (χ2n) is 5.36. The number of imide groups is 1. The zero-order chi connectivity index (χ0) is 15.4. The molecule has 0 spiro atoms. The molecule has 0 radical (unpaired) electrons. The lowest BCUT2D eigenvalue weighted by atomic mass is 10.0. The Balaban J connectivity index is 2.03. The average molecular weight is 288 g/mol. The molecule has 1 saturated heterocycles. The van der Waals surface area contributed by atoms with Crippen molar-refractivity contribution in [3.8, 4) is 0 Å². The highest BCUT2D eigenvalue weighted by atomic mass is 16.2. The van der Waals surface area contributed by atoms with Crippen LogP contribution in [0.2, 0.25) is 0 Å². The Hall–Kier alpha value is -2.01. The van der Waals surface area contributed by atoms with Crippen LogP contribution in [0.1, 0.15) is 36.2 Å². The highest BCUT2D eigenvalue weighted by Crippen LogP contribution is 2.10. The molecule has 1 aromatic rings. The van der Waals surface area contributed by atoms with Crippen molar-refractivity contribution in [2.75, 3.05) is 13.1 Å². The second-order valence-corrected chi connectivity index (χ2v) is 5.36. The van der Waals surface area contributed by atoms with E-state index in [4.69, 9.17) is 0 Å². The van der Waals surface area contributed by atoms with Crippen LogP contribution in [0.5, 0.6) is 0 Å². The van der Waals surface area contributed by atoms with Crippen molar-refractivity contribution in [2.45, 2.75) is 32.7 Å². The second kappa shape index (κ2) is 6.63. The fraction of sp³-hybridized carbons (Fsp3) is 0.438. The molecule has 0 saturated carbocycles. The van der Waals surface area contributed by atoms with Gasteiger partial charge in [0.15, 0.2) is 5.78 Å². The lowest BCUT2D eigenvalue weighted by molar-refractivity contribution is -0.139. The zero-order valence-corrected chi connectivity index (χ0v) is 12.4. The summed E-state index contributed by atoms with van der Waals surface area (Å²) in [6.07, 6.45) is 2.06. The predicted octanol–water partition coefficient (Wildman–Crippen LogP) is 1.17. The highest BCUT2D eigenvalue weighted by molar-refractivity contribution is 6.03. The van der Waals surface area contributed by atoms with E-state index in [1.54, 1.807) is 11.8 Å². The van der Waals surface area contributed by atoms with Gasteiger partial charge in [-0.3, -0.25) is 24.6 Å². The van der Waals surface area contributed by atoms with Crippen molar-refractivity contribution in [3.05, 3.63) is 35.4 Å². The number of amides is 2. The van der Waals surface area contributed by atoms with Crippen LogP contribution < -0.4 is 5.32 Å². The number of benzene rings is 1. The molecule has 2 amide bonds. The topological polar surface area (TPSA) is 66.5 Å². The zero-order valence-electron chi connectivity index (χ0n) is 12.4. The predicted molar refractivity (Wildman–Crippen MR) is 79.0 cm³/mol. The third-order valence-corrected chi connectivity index (χ3v) is 3.70. The maximum absolute atomic E-state index is 12.3. The van der Waals surface area contributed by atoms with Gasteiger partial charge in [0.25, 0.3) is 0 Å². The van der Waals surface area contributed by atoms with Crippen molar-refractivity contribution < 1.29 is 14.4 Å². The minimum absolute atomic E-state index is 0.0760.